The first kappa shape index (κ1) is 27.9. The molecule has 1 heterocycles. The van der Waals surface area contributed by atoms with E-state index in [1.807, 2.05) is 6.92 Å². The highest BCUT2D eigenvalue weighted by Crippen LogP contribution is 2.18. The summed E-state index contributed by atoms with van der Waals surface area (Å²) >= 11 is 0. The lowest BCUT2D eigenvalue weighted by Crippen LogP contribution is -2.52. The number of aromatic amines is 1. The van der Waals surface area contributed by atoms with Gasteiger partial charge < -0.3 is 24.7 Å². The molecule has 31 heavy (non-hydrogen) atoms. The van der Waals surface area contributed by atoms with Crippen LogP contribution in [0.5, 0.6) is 0 Å². The summed E-state index contributed by atoms with van der Waals surface area (Å²) in [5.41, 5.74) is -1.37. The molecule has 0 bridgehead atoms. The van der Waals surface area contributed by atoms with Crippen molar-refractivity contribution in [3.05, 3.63) is 18.2 Å². The highest BCUT2D eigenvalue weighted by Gasteiger charge is 2.40. The highest BCUT2D eigenvalue weighted by molar-refractivity contribution is 5.93. The number of imide groups is 1. The summed E-state index contributed by atoms with van der Waals surface area (Å²) in [6.45, 7) is 11.5. The molecule has 0 saturated heterocycles. The zero-order chi connectivity index (χ0) is 24.4. The lowest BCUT2D eigenvalue weighted by atomic mass is 10.1. The van der Waals surface area contributed by atoms with Gasteiger partial charge in [0.25, 0.3) is 0 Å². The van der Waals surface area contributed by atoms with Crippen LogP contribution in [-0.4, -0.2) is 66.4 Å². The van der Waals surface area contributed by atoms with E-state index in [0.717, 1.165) is 6.42 Å². The van der Waals surface area contributed by atoms with Gasteiger partial charge in [-0.15, -0.1) is 0 Å². The SMILES string of the molecule is CC(C)(C)OC(=O)N(C(=O)OC(C)(C)C)[C@@H](Cc1cnc[nH]1)C(=O)O.CCCC(=O)O. The summed E-state index contributed by atoms with van der Waals surface area (Å²) in [5, 5.41) is 17.5. The van der Waals surface area contributed by atoms with Gasteiger partial charge in [0.2, 0.25) is 0 Å². The number of imidazole rings is 1. The molecule has 0 saturated carbocycles. The number of hydrogen-bond acceptors (Lipinski definition) is 7. The molecule has 2 amide bonds. The normalized spacial score (nSPS) is 12.1. The van der Waals surface area contributed by atoms with Gasteiger partial charge in [0, 0.05) is 24.7 Å². The fourth-order valence-corrected chi connectivity index (χ4v) is 2.06. The van der Waals surface area contributed by atoms with Crippen molar-refractivity contribution in [3.8, 4) is 0 Å². The van der Waals surface area contributed by atoms with E-state index in [2.05, 4.69) is 9.97 Å². The van der Waals surface area contributed by atoms with Gasteiger partial charge in [-0.25, -0.2) is 19.4 Å². The van der Waals surface area contributed by atoms with Gasteiger partial charge in [-0.2, -0.15) is 4.90 Å². The topological polar surface area (TPSA) is 159 Å². The molecule has 0 radical (unpaired) electrons. The molecule has 11 nitrogen and oxygen atoms in total. The van der Waals surface area contributed by atoms with Crippen molar-refractivity contribution in [2.45, 2.75) is 85.0 Å². The standard InChI is InChI=1S/C16H25N3O6.C4H8O2/c1-15(2,3)24-13(22)19(14(23)25-16(4,5)6)11(12(20)21)7-10-8-17-9-18-10;1-2-3-4(5)6/h8-9,11H,7H2,1-6H3,(H,17,18)(H,20,21);2-3H2,1H3,(H,5,6)/t11-;/m0./s1. The number of amides is 2. The van der Waals surface area contributed by atoms with Crippen LogP contribution < -0.4 is 0 Å². The molecule has 0 unspecified atom stereocenters. The van der Waals surface area contributed by atoms with Crippen LogP contribution in [0, 0.1) is 0 Å². The maximum absolute atomic E-state index is 12.5. The molecule has 1 atom stereocenters. The average Bonchev–Trinajstić information content (AvgIpc) is 3.04. The van der Waals surface area contributed by atoms with Crippen LogP contribution in [0.25, 0.3) is 0 Å². The summed E-state index contributed by atoms with van der Waals surface area (Å²) in [5.74, 6) is -2.08. The average molecular weight is 443 g/mol. The molecule has 1 aromatic rings. The maximum atomic E-state index is 12.5. The van der Waals surface area contributed by atoms with Gasteiger partial charge in [0.15, 0.2) is 0 Å². The smallest absolute Gasteiger partial charge is 0.420 e. The fourth-order valence-electron chi connectivity index (χ4n) is 2.06. The molecule has 0 fully saturated rings. The number of rotatable bonds is 6. The largest absolute Gasteiger partial charge is 0.481 e. The minimum Gasteiger partial charge on any atom is -0.481 e. The van der Waals surface area contributed by atoms with Crippen molar-refractivity contribution in [2.75, 3.05) is 0 Å². The second kappa shape index (κ2) is 11.9. The van der Waals surface area contributed by atoms with Gasteiger partial charge in [-0.1, -0.05) is 6.92 Å². The molecule has 11 heteroatoms. The molecule has 0 aliphatic heterocycles. The number of ether oxygens (including phenoxy) is 2. The summed E-state index contributed by atoms with van der Waals surface area (Å²) in [7, 11) is 0. The molecule has 176 valence electrons. The number of hydrogen-bond donors (Lipinski definition) is 3. The Labute approximate surface area is 181 Å². The van der Waals surface area contributed by atoms with Crippen molar-refractivity contribution in [3.63, 3.8) is 0 Å². The van der Waals surface area contributed by atoms with Gasteiger partial charge in [0.05, 0.1) is 6.33 Å². The van der Waals surface area contributed by atoms with Crippen molar-refractivity contribution in [1.29, 1.82) is 0 Å². The quantitative estimate of drug-likeness (QED) is 0.598. The van der Waals surface area contributed by atoms with Crippen molar-refractivity contribution in [2.24, 2.45) is 0 Å². The van der Waals surface area contributed by atoms with Crippen LogP contribution >= 0.6 is 0 Å². The zero-order valence-electron chi connectivity index (χ0n) is 19.1. The van der Waals surface area contributed by atoms with Crippen molar-refractivity contribution >= 4 is 24.1 Å². The van der Waals surface area contributed by atoms with Crippen LogP contribution in [0.4, 0.5) is 9.59 Å². The van der Waals surface area contributed by atoms with E-state index >= 15 is 0 Å². The minimum atomic E-state index is -1.51. The third-order valence-corrected chi connectivity index (χ3v) is 3.21. The van der Waals surface area contributed by atoms with E-state index in [9.17, 15) is 24.3 Å². The predicted octanol–water partition coefficient (Wildman–Crippen LogP) is 3.45. The monoisotopic (exact) mass is 443 g/mol. The second-order valence-corrected chi connectivity index (χ2v) is 8.61. The number of carbonyl (C=O) groups excluding carboxylic acids is 2. The molecule has 1 aromatic heterocycles. The number of H-pyrrole nitrogens is 1. The Hall–Kier alpha value is -3.11. The van der Waals surface area contributed by atoms with Gasteiger partial charge in [-0.05, 0) is 48.0 Å². The molecule has 0 spiro atoms. The van der Waals surface area contributed by atoms with Crippen LogP contribution in [0.15, 0.2) is 12.5 Å². The van der Waals surface area contributed by atoms with E-state index in [1.165, 1.54) is 12.5 Å². The Bertz CT molecular complexity index is 705. The molecular weight excluding hydrogens is 410 g/mol. The molecular formula is C20H33N3O8. The zero-order valence-corrected chi connectivity index (χ0v) is 19.1. The Balaban J connectivity index is 0.00000131. The van der Waals surface area contributed by atoms with Gasteiger partial charge in [-0.3, -0.25) is 4.79 Å². The summed E-state index contributed by atoms with van der Waals surface area (Å²) in [6.07, 6.45) is 1.48. The number of aromatic nitrogens is 2. The number of nitrogens with one attached hydrogen (secondary N) is 1. The number of carbonyl (C=O) groups is 4. The first-order chi connectivity index (χ1) is 14.1. The van der Waals surface area contributed by atoms with E-state index in [1.54, 1.807) is 41.5 Å². The summed E-state index contributed by atoms with van der Waals surface area (Å²) < 4.78 is 10.4. The summed E-state index contributed by atoms with van der Waals surface area (Å²) in [4.78, 5) is 53.3. The van der Waals surface area contributed by atoms with Crippen LogP contribution in [0.1, 0.15) is 67.0 Å². The Morgan fingerprint density at radius 1 is 1.03 bits per heavy atom. The van der Waals surface area contributed by atoms with E-state index in [-0.39, 0.29) is 6.42 Å². The third kappa shape index (κ3) is 12.2. The molecule has 0 aromatic carbocycles. The lowest BCUT2D eigenvalue weighted by molar-refractivity contribution is -0.143. The maximum Gasteiger partial charge on any atom is 0.420 e. The number of carboxylic acid groups (broad SMARTS) is 2. The van der Waals surface area contributed by atoms with E-state index in [0.29, 0.717) is 17.0 Å². The third-order valence-electron chi connectivity index (χ3n) is 3.21. The summed E-state index contributed by atoms with van der Waals surface area (Å²) in [6, 6.07) is -1.51. The van der Waals surface area contributed by atoms with Crippen molar-refractivity contribution in [1.82, 2.24) is 14.9 Å². The lowest BCUT2D eigenvalue weighted by Gasteiger charge is -2.31. The van der Waals surface area contributed by atoms with Crippen molar-refractivity contribution < 1.29 is 38.9 Å². The van der Waals surface area contributed by atoms with Gasteiger partial charge in [0.1, 0.15) is 17.2 Å². The predicted molar refractivity (Wildman–Crippen MR) is 111 cm³/mol. The van der Waals surface area contributed by atoms with Crippen LogP contribution in [0.2, 0.25) is 0 Å². The Morgan fingerprint density at radius 3 is 1.77 bits per heavy atom. The highest BCUT2D eigenvalue weighted by atomic mass is 16.6. The number of aliphatic carboxylic acids is 2. The number of carboxylic acids is 2. The first-order valence-electron chi connectivity index (χ1n) is 9.74. The van der Waals surface area contributed by atoms with Crippen LogP contribution in [-0.2, 0) is 25.5 Å². The van der Waals surface area contributed by atoms with E-state index < -0.39 is 41.4 Å². The molecule has 0 aliphatic rings. The Morgan fingerprint density at radius 2 is 1.52 bits per heavy atom. The number of nitrogens with zero attached hydrogens (tertiary/aromatic N) is 2. The minimum absolute atomic E-state index is 0.159. The van der Waals surface area contributed by atoms with Crippen LogP contribution in [0.3, 0.4) is 0 Å². The molecule has 3 N–H and O–H groups in total. The molecule has 0 aliphatic carbocycles. The molecule has 1 rings (SSSR count). The first-order valence-corrected chi connectivity index (χ1v) is 9.74. The van der Waals surface area contributed by atoms with Gasteiger partial charge >= 0.3 is 24.1 Å². The fraction of sp³-hybridized carbons (Fsp3) is 0.650. The second-order valence-electron chi connectivity index (χ2n) is 8.61. The van der Waals surface area contributed by atoms with E-state index in [4.69, 9.17) is 14.6 Å². The Kier molecular flexibility index (Phi) is 10.7.